The van der Waals surface area contributed by atoms with E-state index < -0.39 is 22.2 Å². The molecule has 0 saturated heterocycles. The van der Waals surface area contributed by atoms with Gasteiger partial charge in [-0.15, -0.1) is 0 Å². The minimum atomic E-state index is -3.82. The Labute approximate surface area is 129 Å². The lowest BCUT2D eigenvalue weighted by Gasteiger charge is -2.22. The highest BCUT2D eigenvalue weighted by Gasteiger charge is 2.29. The van der Waals surface area contributed by atoms with E-state index in [-0.39, 0.29) is 15.6 Å². The SMILES string of the molecule is NC(=S)c1ncccc1S(=O)(=O)NC1CCCCCC1O. The van der Waals surface area contributed by atoms with Crippen LogP contribution in [-0.2, 0) is 10.0 Å². The number of nitrogens with two attached hydrogens (primary N) is 1. The number of thiocarbonyl (C=S) groups is 1. The van der Waals surface area contributed by atoms with Gasteiger partial charge in [-0.3, -0.25) is 4.98 Å². The van der Waals surface area contributed by atoms with Gasteiger partial charge in [0.15, 0.2) is 0 Å². The first-order chi connectivity index (χ1) is 9.92. The maximum absolute atomic E-state index is 12.5. The van der Waals surface area contributed by atoms with Crippen LogP contribution in [0.15, 0.2) is 23.2 Å². The van der Waals surface area contributed by atoms with E-state index in [1.54, 1.807) is 0 Å². The quantitative estimate of drug-likeness (QED) is 0.554. The van der Waals surface area contributed by atoms with Crippen LogP contribution >= 0.6 is 12.2 Å². The van der Waals surface area contributed by atoms with Gasteiger partial charge in [-0.1, -0.05) is 31.5 Å². The van der Waals surface area contributed by atoms with Crippen molar-refractivity contribution < 1.29 is 13.5 Å². The summed E-state index contributed by atoms with van der Waals surface area (Å²) < 4.78 is 27.6. The van der Waals surface area contributed by atoms with Gasteiger partial charge in [0.05, 0.1) is 6.10 Å². The number of aliphatic hydroxyl groups excluding tert-OH is 1. The van der Waals surface area contributed by atoms with E-state index in [9.17, 15) is 13.5 Å². The molecular weight excluding hydrogens is 310 g/mol. The number of pyridine rings is 1. The molecule has 1 saturated carbocycles. The fourth-order valence-corrected chi connectivity index (χ4v) is 4.18. The van der Waals surface area contributed by atoms with E-state index in [1.165, 1.54) is 18.3 Å². The standard InChI is InChI=1S/C13H19N3O3S2/c14-13(20)12-11(7-4-8-15-12)21(18,19)16-9-5-2-1-3-6-10(9)17/h4,7-10,16-17H,1-3,5-6H2,(H2,14,20). The molecule has 21 heavy (non-hydrogen) atoms. The Bertz CT molecular complexity index is 619. The second-order valence-electron chi connectivity index (χ2n) is 5.15. The molecule has 4 N–H and O–H groups in total. The van der Waals surface area contributed by atoms with Crippen molar-refractivity contribution in [3.05, 3.63) is 24.0 Å². The highest BCUT2D eigenvalue weighted by molar-refractivity contribution is 7.89. The van der Waals surface area contributed by atoms with Crippen molar-refractivity contribution in [3.63, 3.8) is 0 Å². The molecular formula is C13H19N3O3S2. The Balaban J connectivity index is 2.28. The van der Waals surface area contributed by atoms with Crippen LogP contribution in [0.2, 0.25) is 0 Å². The number of rotatable bonds is 4. The summed E-state index contributed by atoms with van der Waals surface area (Å²) in [5.74, 6) is 0. The van der Waals surface area contributed by atoms with Crippen molar-refractivity contribution in [2.24, 2.45) is 5.73 Å². The van der Waals surface area contributed by atoms with Gasteiger partial charge >= 0.3 is 0 Å². The Morgan fingerprint density at radius 2 is 2.10 bits per heavy atom. The molecule has 0 spiro atoms. The van der Waals surface area contributed by atoms with E-state index in [4.69, 9.17) is 18.0 Å². The number of hydrogen-bond acceptors (Lipinski definition) is 5. The Morgan fingerprint density at radius 3 is 2.81 bits per heavy atom. The van der Waals surface area contributed by atoms with Gasteiger partial charge in [0.25, 0.3) is 0 Å². The molecule has 8 heteroatoms. The first-order valence-corrected chi connectivity index (χ1v) is 8.76. The lowest BCUT2D eigenvalue weighted by molar-refractivity contribution is 0.130. The molecule has 1 fully saturated rings. The molecule has 6 nitrogen and oxygen atoms in total. The predicted molar refractivity (Wildman–Crippen MR) is 83.3 cm³/mol. The van der Waals surface area contributed by atoms with Gasteiger partial charge < -0.3 is 10.8 Å². The molecule has 0 bridgehead atoms. The van der Waals surface area contributed by atoms with Crippen LogP contribution < -0.4 is 10.5 Å². The molecule has 1 heterocycles. The molecule has 1 aliphatic carbocycles. The number of nitrogens with one attached hydrogen (secondary N) is 1. The molecule has 2 unspecified atom stereocenters. The Morgan fingerprint density at radius 1 is 1.38 bits per heavy atom. The van der Waals surface area contributed by atoms with Gasteiger partial charge in [0, 0.05) is 12.2 Å². The summed E-state index contributed by atoms with van der Waals surface area (Å²) in [5, 5.41) is 10.0. The highest BCUT2D eigenvalue weighted by atomic mass is 32.2. The van der Waals surface area contributed by atoms with Gasteiger partial charge in [0.2, 0.25) is 10.0 Å². The largest absolute Gasteiger partial charge is 0.391 e. The van der Waals surface area contributed by atoms with Crippen LogP contribution in [0.4, 0.5) is 0 Å². The number of aliphatic hydroxyl groups is 1. The molecule has 2 rings (SSSR count). The number of sulfonamides is 1. The zero-order chi connectivity index (χ0) is 15.5. The van der Waals surface area contributed by atoms with E-state index in [1.807, 2.05) is 0 Å². The van der Waals surface area contributed by atoms with E-state index >= 15 is 0 Å². The average Bonchev–Trinajstić information content (AvgIpc) is 2.64. The molecule has 0 amide bonds. The van der Waals surface area contributed by atoms with Gasteiger partial charge in [-0.05, 0) is 25.0 Å². The smallest absolute Gasteiger partial charge is 0.243 e. The van der Waals surface area contributed by atoms with Crippen molar-refractivity contribution in [2.75, 3.05) is 0 Å². The van der Waals surface area contributed by atoms with E-state index in [0.717, 1.165) is 19.3 Å². The van der Waals surface area contributed by atoms with Crippen molar-refractivity contribution in [1.82, 2.24) is 9.71 Å². The Kier molecular flexibility index (Phi) is 5.26. The Hall–Kier alpha value is -1.09. The van der Waals surface area contributed by atoms with Crippen LogP contribution in [0, 0.1) is 0 Å². The molecule has 1 aliphatic rings. The van der Waals surface area contributed by atoms with Gasteiger partial charge in [0.1, 0.15) is 15.6 Å². The molecule has 116 valence electrons. The fraction of sp³-hybridized carbons (Fsp3) is 0.538. The van der Waals surface area contributed by atoms with Crippen molar-refractivity contribution in [2.45, 2.75) is 49.1 Å². The third kappa shape index (κ3) is 3.97. The van der Waals surface area contributed by atoms with Crippen molar-refractivity contribution in [3.8, 4) is 0 Å². The number of hydrogen-bond donors (Lipinski definition) is 3. The van der Waals surface area contributed by atoms with Crippen molar-refractivity contribution in [1.29, 1.82) is 0 Å². The fourth-order valence-electron chi connectivity index (χ4n) is 2.48. The van der Waals surface area contributed by atoms with Crippen LogP contribution in [0.5, 0.6) is 0 Å². The molecule has 0 aromatic carbocycles. The summed E-state index contributed by atoms with van der Waals surface area (Å²) in [6.07, 6.45) is 4.77. The third-order valence-corrected chi connectivity index (χ3v) is 5.29. The van der Waals surface area contributed by atoms with E-state index in [2.05, 4.69) is 9.71 Å². The first-order valence-electron chi connectivity index (χ1n) is 6.87. The zero-order valence-electron chi connectivity index (χ0n) is 11.5. The van der Waals surface area contributed by atoms with E-state index in [0.29, 0.717) is 12.8 Å². The number of nitrogens with zero attached hydrogens (tertiary/aromatic N) is 1. The maximum Gasteiger partial charge on any atom is 0.243 e. The predicted octanol–water partition coefficient (Wildman–Crippen LogP) is 0.688. The second kappa shape index (κ2) is 6.78. The van der Waals surface area contributed by atoms with Crippen LogP contribution in [0.3, 0.4) is 0 Å². The molecule has 0 aliphatic heterocycles. The van der Waals surface area contributed by atoms with Gasteiger partial charge in [-0.2, -0.15) is 0 Å². The molecule has 1 aromatic rings. The first kappa shape index (κ1) is 16.3. The maximum atomic E-state index is 12.5. The van der Waals surface area contributed by atoms with Crippen molar-refractivity contribution >= 4 is 27.2 Å². The lowest BCUT2D eigenvalue weighted by Crippen LogP contribution is -2.43. The summed E-state index contributed by atoms with van der Waals surface area (Å²) in [6, 6.07) is 2.43. The van der Waals surface area contributed by atoms with Gasteiger partial charge in [-0.25, -0.2) is 13.1 Å². The molecule has 1 aromatic heterocycles. The zero-order valence-corrected chi connectivity index (χ0v) is 13.2. The summed E-state index contributed by atoms with van der Waals surface area (Å²) in [7, 11) is -3.82. The summed E-state index contributed by atoms with van der Waals surface area (Å²) in [6.45, 7) is 0. The van der Waals surface area contributed by atoms with Crippen LogP contribution in [0.1, 0.15) is 37.8 Å². The highest BCUT2D eigenvalue weighted by Crippen LogP contribution is 2.21. The van der Waals surface area contributed by atoms with Crippen LogP contribution in [0.25, 0.3) is 0 Å². The monoisotopic (exact) mass is 329 g/mol. The summed E-state index contributed by atoms with van der Waals surface area (Å²) in [5.41, 5.74) is 5.60. The summed E-state index contributed by atoms with van der Waals surface area (Å²) >= 11 is 4.84. The number of aromatic nitrogens is 1. The average molecular weight is 329 g/mol. The normalized spacial score (nSPS) is 23.5. The molecule has 2 atom stereocenters. The second-order valence-corrected chi connectivity index (χ2v) is 7.27. The topological polar surface area (TPSA) is 105 Å². The minimum absolute atomic E-state index is 0.0473. The third-order valence-electron chi connectivity index (χ3n) is 3.58. The molecule has 0 radical (unpaired) electrons. The summed E-state index contributed by atoms with van der Waals surface area (Å²) in [4.78, 5) is 3.81. The van der Waals surface area contributed by atoms with Crippen LogP contribution in [-0.4, -0.2) is 35.6 Å². The lowest BCUT2D eigenvalue weighted by atomic mass is 10.1. The minimum Gasteiger partial charge on any atom is -0.391 e.